The zero-order chi connectivity index (χ0) is 23.9. The normalized spacial score (nSPS) is 55.0. The number of ether oxygens (including phenoxy) is 3. The molecule has 2 aliphatic heterocycles. The number of hydrogen-bond acceptors (Lipinski definition) is 13. The monoisotopic (exact) mass is 469 g/mol. The quantitative estimate of drug-likeness (QED) is 0.182. The van der Waals surface area contributed by atoms with Crippen molar-refractivity contribution < 1.29 is 60.2 Å². The fourth-order valence-corrected chi connectivity index (χ4v) is 4.58. The molecule has 0 amide bonds. The summed E-state index contributed by atoms with van der Waals surface area (Å²) < 4.78 is 16.5. The van der Waals surface area contributed by atoms with Crippen LogP contribution >= 0.6 is 0 Å². The van der Waals surface area contributed by atoms with E-state index >= 15 is 0 Å². The Balaban J connectivity index is 1.69. The smallest absolute Gasteiger partial charge is 0.187 e. The number of rotatable bonds is 5. The van der Waals surface area contributed by atoms with Gasteiger partial charge in [0, 0.05) is 5.92 Å². The van der Waals surface area contributed by atoms with Gasteiger partial charge in [-0.25, -0.2) is 0 Å². The predicted molar refractivity (Wildman–Crippen MR) is 104 cm³/mol. The van der Waals surface area contributed by atoms with Crippen LogP contribution in [-0.4, -0.2) is 145 Å². The molecule has 0 spiro atoms. The highest BCUT2D eigenvalue weighted by Crippen LogP contribution is 2.30. The third kappa shape index (κ3) is 4.81. The van der Waals surface area contributed by atoms with Gasteiger partial charge in [-0.3, -0.25) is 0 Å². The molecule has 10 N–H and O–H groups in total. The van der Waals surface area contributed by atoms with Crippen LogP contribution in [0.5, 0.6) is 0 Å². The molecule has 13 nitrogen and oxygen atoms in total. The van der Waals surface area contributed by atoms with Crippen molar-refractivity contribution in [3.8, 4) is 0 Å². The van der Waals surface area contributed by atoms with Crippen LogP contribution in [0.1, 0.15) is 13.8 Å². The van der Waals surface area contributed by atoms with Crippen molar-refractivity contribution >= 4 is 0 Å². The van der Waals surface area contributed by atoms with Crippen molar-refractivity contribution in [2.45, 2.75) is 99.4 Å². The van der Waals surface area contributed by atoms with Crippen LogP contribution in [0, 0.1) is 5.92 Å². The molecule has 0 bridgehead atoms. The first kappa shape index (κ1) is 26.1. The van der Waals surface area contributed by atoms with Crippen LogP contribution in [0.4, 0.5) is 0 Å². The second-order valence-electron chi connectivity index (χ2n) is 8.94. The van der Waals surface area contributed by atoms with Gasteiger partial charge in [0.25, 0.3) is 0 Å². The summed E-state index contributed by atoms with van der Waals surface area (Å²) in [4.78, 5) is 0. The fraction of sp³-hybridized carbons (Fsp3) is 1.00. The molecule has 13 heteroatoms. The van der Waals surface area contributed by atoms with Gasteiger partial charge in [-0.1, -0.05) is 6.92 Å². The van der Waals surface area contributed by atoms with E-state index in [0.717, 1.165) is 0 Å². The van der Waals surface area contributed by atoms with Crippen molar-refractivity contribution in [1.82, 2.24) is 5.32 Å². The van der Waals surface area contributed by atoms with Gasteiger partial charge in [0.15, 0.2) is 6.29 Å². The highest BCUT2D eigenvalue weighted by molar-refractivity contribution is 5.04. The maximum Gasteiger partial charge on any atom is 0.187 e. The van der Waals surface area contributed by atoms with Gasteiger partial charge in [-0.15, -0.1) is 0 Å². The fourth-order valence-electron chi connectivity index (χ4n) is 4.58. The summed E-state index contributed by atoms with van der Waals surface area (Å²) in [5.74, 6) is -0.779. The van der Waals surface area contributed by atoms with Crippen LogP contribution in [0.25, 0.3) is 0 Å². The Morgan fingerprint density at radius 2 is 1.41 bits per heavy atom. The van der Waals surface area contributed by atoms with Crippen LogP contribution in [-0.2, 0) is 14.2 Å². The number of hydrogen-bond donors (Lipinski definition) is 10. The Bertz CT molecular complexity index is 597. The van der Waals surface area contributed by atoms with E-state index in [1.807, 2.05) is 0 Å². The average molecular weight is 469 g/mol. The van der Waals surface area contributed by atoms with Crippen molar-refractivity contribution in [2.24, 2.45) is 5.92 Å². The SMILES string of the molecule is CC1[C@@H](O)[C@H](O)[C@@H](O)[C@@H](N[C@H]2[C@H](O)[C@@H](O)[C@@H](O[C@H]3[C@H](O)[C@@H](O)CO[C@@H]3CO)O[C@@H]2C)[C@@H]1O. The summed E-state index contributed by atoms with van der Waals surface area (Å²) in [6.07, 6.45) is -16.1. The Morgan fingerprint density at radius 3 is 2.03 bits per heavy atom. The lowest BCUT2D eigenvalue weighted by atomic mass is 9.77. The first-order valence-corrected chi connectivity index (χ1v) is 10.7. The number of aliphatic hydroxyl groups excluding tert-OH is 9. The lowest BCUT2D eigenvalue weighted by Gasteiger charge is -2.49. The highest BCUT2D eigenvalue weighted by Gasteiger charge is 2.52. The topological polar surface area (TPSA) is 222 Å². The summed E-state index contributed by atoms with van der Waals surface area (Å²) in [7, 11) is 0. The van der Waals surface area contributed by atoms with E-state index in [0.29, 0.717) is 0 Å². The molecule has 15 atom stereocenters. The second-order valence-corrected chi connectivity index (χ2v) is 8.94. The molecule has 1 aliphatic carbocycles. The van der Waals surface area contributed by atoms with E-state index < -0.39 is 98.0 Å². The van der Waals surface area contributed by atoms with E-state index in [9.17, 15) is 46.0 Å². The van der Waals surface area contributed by atoms with Crippen molar-refractivity contribution in [1.29, 1.82) is 0 Å². The summed E-state index contributed by atoms with van der Waals surface area (Å²) in [5.41, 5.74) is 0. The summed E-state index contributed by atoms with van der Waals surface area (Å²) >= 11 is 0. The molecule has 3 fully saturated rings. The lowest BCUT2D eigenvalue weighted by molar-refractivity contribution is -0.321. The molecule has 0 aromatic heterocycles. The predicted octanol–water partition coefficient (Wildman–Crippen LogP) is -5.63. The molecule has 2 saturated heterocycles. The Labute approximate surface area is 184 Å². The molecule has 3 aliphatic rings. The molecule has 0 radical (unpaired) electrons. The summed E-state index contributed by atoms with van der Waals surface area (Å²) in [6.45, 7) is 2.30. The van der Waals surface area contributed by atoms with Crippen LogP contribution < -0.4 is 5.32 Å². The van der Waals surface area contributed by atoms with Crippen LogP contribution in [0.2, 0.25) is 0 Å². The van der Waals surface area contributed by atoms with Crippen molar-refractivity contribution in [3.63, 3.8) is 0 Å². The molecule has 1 saturated carbocycles. The first-order chi connectivity index (χ1) is 15.0. The Kier molecular flexibility index (Phi) is 8.48. The zero-order valence-electron chi connectivity index (χ0n) is 17.8. The molecule has 0 aromatic rings. The van der Waals surface area contributed by atoms with E-state index in [1.165, 1.54) is 13.8 Å². The minimum absolute atomic E-state index is 0.212. The highest BCUT2D eigenvalue weighted by atomic mass is 16.7. The van der Waals surface area contributed by atoms with Gasteiger partial charge < -0.3 is 65.5 Å². The second kappa shape index (κ2) is 10.4. The van der Waals surface area contributed by atoms with E-state index in [1.54, 1.807) is 0 Å². The lowest BCUT2D eigenvalue weighted by Crippen LogP contribution is -2.71. The molecular formula is C19H35NO12. The third-order valence-electron chi connectivity index (χ3n) is 6.80. The molecule has 32 heavy (non-hydrogen) atoms. The number of nitrogens with one attached hydrogen (secondary N) is 1. The van der Waals surface area contributed by atoms with Gasteiger partial charge in [0.05, 0.1) is 43.6 Å². The molecule has 3 rings (SSSR count). The summed E-state index contributed by atoms with van der Waals surface area (Å²) in [5, 5.41) is 94.3. The van der Waals surface area contributed by atoms with E-state index in [4.69, 9.17) is 14.2 Å². The van der Waals surface area contributed by atoms with Gasteiger partial charge in [-0.05, 0) is 6.92 Å². The molecule has 2 heterocycles. The standard InChI is InChI=1S/C19H35NO12/c1-5-11(23)10(15(27)16(28)12(5)24)20-9-6(2)31-19(17(29)14(9)26)32-18-8(3-21)30-4-7(22)13(18)25/h5-29H,3-4H2,1-2H3/t5?,6-,7+,8-,9-,10+,11-,12-,13-,14+,15+,16+,17-,18-,19-/m1/s1. The molecular weight excluding hydrogens is 434 g/mol. The first-order valence-electron chi connectivity index (χ1n) is 10.7. The zero-order valence-corrected chi connectivity index (χ0v) is 17.8. The van der Waals surface area contributed by atoms with E-state index in [-0.39, 0.29) is 6.61 Å². The average Bonchev–Trinajstić information content (AvgIpc) is 2.77. The minimum Gasteiger partial charge on any atom is -0.394 e. The Hall–Kier alpha value is -0.520. The maximum atomic E-state index is 10.7. The van der Waals surface area contributed by atoms with Crippen LogP contribution in [0.3, 0.4) is 0 Å². The molecule has 1 unspecified atom stereocenters. The number of aliphatic hydroxyl groups is 9. The maximum absolute atomic E-state index is 10.7. The minimum atomic E-state index is -1.65. The third-order valence-corrected chi connectivity index (χ3v) is 6.80. The van der Waals surface area contributed by atoms with Gasteiger partial charge in [0.1, 0.15) is 48.8 Å². The molecule has 0 aromatic carbocycles. The van der Waals surface area contributed by atoms with Crippen LogP contribution in [0.15, 0.2) is 0 Å². The summed E-state index contributed by atoms with van der Waals surface area (Å²) in [6, 6.07) is -2.15. The van der Waals surface area contributed by atoms with E-state index in [2.05, 4.69) is 5.32 Å². The largest absolute Gasteiger partial charge is 0.394 e. The van der Waals surface area contributed by atoms with Gasteiger partial charge in [0.2, 0.25) is 0 Å². The molecule has 188 valence electrons. The van der Waals surface area contributed by atoms with Gasteiger partial charge >= 0.3 is 0 Å². The Morgan fingerprint density at radius 1 is 0.781 bits per heavy atom. The van der Waals surface area contributed by atoms with Crippen molar-refractivity contribution in [3.05, 3.63) is 0 Å². The van der Waals surface area contributed by atoms with Gasteiger partial charge in [-0.2, -0.15) is 0 Å². The van der Waals surface area contributed by atoms with Crippen molar-refractivity contribution in [2.75, 3.05) is 13.2 Å².